The van der Waals surface area contributed by atoms with E-state index in [0.29, 0.717) is 55.7 Å². The van der Waals surface area contributed by atoms with Gasteiger partial charge >= 0.3 is 6.09 Å². The Balaban J connectivity index is 1.45. The maximum absolute atomic E-state index is 12.6. The predicted molar refractivity (Wildman–Crippen MR) is 165 cm³/mol. The molecule has 0 atom stereocenters. The molecule has 43 heavy (non-hydrogen) atoms. The Hall–Kier alpha value is -4.32. The number of ether oxygens (including phenoxy) is 3. The number of nitrogens with zero attached hydrogens (tertiary/aromatic N) is 1. The maximum Gasteiger partial charge on any atom is 0.404 e. The number of phenolic OH excluding ortho intramolecular Hbond substituents is 1. The fourth-order valence-corrected chi connectivity index (χ4v) is 5.53. The number of nitrogens with one attached hydrogen (secondary N) is 1. The Morgan fingerprint density at radius 1 is 0.884 bits per heavy atom. The number of benzene rings is 4. The molecule has 0 heterocycles. The van der Waals surface area contributed by atoms with E-state index in [1.54, 1.807) is 30.3 Å². The smallest absolute Gasteiger partial charge is 0.404 e. The first-order valence-corrected chi connectivity index (χ1v) is 15.8. The van der Waals surface area contributed by atoms with Gasteiger partial charge in [-0.25, -0.2) is 13.2 Å². The number of aromatic hydroxyl groups is 1. The molecule has 0 bridgehead atoms. The molecule has 10 nitrogen and oxygen atoms in total. The highest BCUT2D eigenvalue weighted by atomic mass is 32.2. The minimum atomic E-state index is -3.65. The summed E-state index contributed by atoms with van der Waals surface area (Å²) in [6, 6.07) is 22.8. The summed E-state index contributed by atoms with van der Waals surface area (Å²) in [7, 11) is -3.65. The molecule has 4 aromatic carbocycles. The third-order valence-electron chi connectivity index (χ3n) is 6.79. The van der Waals surface area contributed by atoms with Crippen molar-refractivity contribution in [1.29, 1.82) is 0 Å². The Morgan fingerprint density at radius 3 is 2.33 bits per heavy atom. The highest BCUT2D eigenvalue weighted by molar-refractivity contribution is 7.90. The van der Waals surface area contributed by atoms with E-state index in [9.17, 15) is 18.3 Å². The van der Waals surface area contributed by atoms with Crippen molar-refractivity contribution in [1.82, 2.24) is 10.2 Å². The van der Waals surface area contributed by atoms with E-state index in [1.807, 2.05) is 37.3 Å². The predicted octanol–water partition coefficient (Wildman–Crippen LogP) is 5.39. The average molecular weight is 609 g/mol. The highest BCUT2D eigenvalue weighted by Crippen LogP contribution is 2.45. The van der Waals surface area contributed by atoms with Crippen LogP contribution in [0.25, 0.3) is 21.9 Å². The standard InChI is InChI=1S/C32H36N2O8S/c1-3-34(18-21-40-20-17-33-32(36)37)19-22-41-24-12-14-25(15-13-24)42-31-26-8-5-4-7-23(26)11-16-27(31)30-28(35)9-6-10-29(30)43(2,38)39/h4-16,33,35H,3,17-22H2,1-2H3,(H,36,37). The molecule has 0 aliphatic heterocycles. The lowest BCUT2D eigenvalue weighted by molar-refractivity contribution is 0.100. The molecule has 0 unspecified atom stereocenters. The summed E-state index contributed by atoms with van der Waals surface area (Å²) in [5.41, 5.74) is 0.646. The number of fused-ring (bicyclic) bond motifs is 1. The minimum absolute atomic E-state index is 0.0132. The SMILES string of the molecule is CCN(CCOCCNC(=O)O)CCOc1ccc(Oc2c(-c3c(O)cccc3S(C)(=O)=O)ccc3ccccc23)cc1. The molecule has 3 N–H and O–H groups in total. The first-order valence-electron chi connectivity index (χ1n) is 13.9. The number of hydrogen-bond acceptors (Lipinski definition) is 8. The summed E-state index contributed by atoms with van der Waals surface area (Å²) in [4.78, 5) is 12.7. The molecule has 4 aromatic rings. The van der Waals surface area contributed by atoms with Gasteiger partial charge in [-0.3, -0.25) is 4.90 Å². The molecule has 0 aliphatic carbocycles. The summed E-state index contributed by atoms with van der Waals surface area (Å²) < 4.78 is 43.0. The topological polar surface area (TPSA) is 135 Å². The van der Waals surface area contributed by atoms with Gasteiger partial charge in [0, 0.05) is 42.4 Å². The molecule has 1 amide bonds. The zero-order valence-electron chi connectivity index (χ0n) is 24.2. The monoisotopic (exact) mass is 608 g/mol. The fraction of sp³-hybridized carbons (Fsp3) is 0.281. The van der Waals surface area contributed by atoms with Gasteiger partial charge in [0.15, 0.2) is 9.84 Å². The second-order valence-corrected chi connectivity index (χ2v) is 11.8. The summed E-state index contributed by atoms with van der Waals surface area (Å²) in [6.45, 7) is 5.78. The third-order valence-corrected chi connectivity index (χ3v) is 7.93. The molecule has 0 aliphatic rings. The van der Waals surface area contributed by atoms with Gasteiger partial charge in [-0.05, 0) is 54.4 Å². The number of rotatable bonds is 15. The van der Waals surface area contributed by atoms with Gasteiger partial charge < -0.3 is 29.7 Å². The van der Waals surface area contributed by atoms with E-state index in [1.165, 1.54) is 18.2 Å². The number of carboxylic acid groups (broad SMARTS) is 1. The molecule has 0 saturated carbocycles. The maximum atomic E-state index is 12.6. The average Bonchev–Trinajstić information content (AvgIpc) is 2.98. The van der Waals surface area contributed by atoms with E-state index in [2.05, 4.69) is 10.2 Å². The quantitative estimate of drug-likeness (QED) is 0.152. The molecular weight excluding hydrogens is 572 g/mol. The Kier molecular flexibility index (Phi) is 10.8. The summed E-state index contributed by atoms with van der Waals surface area (Å²) in [5.74, 6) is 1.45. The van der Waals surface area contributed by atoms with Crippen molar-refractivity contribution in [2.75, 3.05) is 52.3 Å². The lowest BCUT2D eigenvalue weighted by Crippen LogP contribution is -2.32. The van der Waals surface area contributed by atoms with Crippen molar-refractivity contribution in [2.24, 2.45) is 0 Å². The molecule has 11 heteroatoms. The van der Waals surface area contributed by atoms with E-state index in [0.717, 1.165) is 23.6 Å². The van der Waals surface area contributed by atoms with E-state index < -0.39 is 15.9 Å². The zero-order valence-corrected chi connectivity index (χ0v) is 25.0. The van der Waals surface area contributed by atoms with E-state index in [-0.39, 0.29) is 22.8 Å². The molecule has 228 valence electrons. The number of carbonyl (C=O) groups is 1. The summed E-state index contributed by atoms with van der Waals surface area (Å²) >= 11 is 0. The van der Waals surface area contributed by atoms with Crippen molar-refractivity contribution in [3.8, 4) is 34.1 Å². The van der Waals surface area contributed by atoms with Crippen molar-refractivity contribution in [3.63, 3.8) is 0 Å². The minimum Gasteiger partial charge on any atom is -0.507 e. The van der Waals surface area contributed by atoms with Gasteiger partial charge in [0.25, 0.3) is 0 Å². The lowest BCUT2D eigenvalue weighted by Gasteiger charge is -2.20. The Labute approximate surface area is 251 Å². The van der Waals surface area contributed by atoms with E-state index in [4.69, 9.17) is 19.3 Å². The van der Waals surface area contributed by atoms with Crippen LogP contribution in [0, 0.1) is 0 Å². The normalized spacial score (nSPS) is 11.5. The number of amides is 1. The van der Waals surface area contributed by atoms with Crippen LogP contribution in [0.4, 0.5) is 4.79 Å². The second-order valence-electron chi connectivity index (χ2n) is 9.79. The third kappa shape index (κ3) is 8.60. The zero-order chi connectivity index (χ0) is 30.8. The number of hydrogen-bond donors (Lipinski definition) is 3. The van der Waals surface area contributed by atoms with Crippen LogP contribution in [0.2, 0.25) is 0 Å². The van der Waals surface area contributed by atoms with Crippen LogP contribution in [-0.2, 0) is 14.6 Å². The molecule has 0 aromatic heterocycles. The van der Waals surface area contributed by atoms with Gasteiger partial charge in [0.1, 0.15) is 29.6 Å². The van der Waals surface area contributed by atoms with Crippen LogP contribution in [0.1, 0.15) is 6.92 Å². The number of likely N-dealkylation sites (N-methyl/N-ethyl adjacent to an activating group) is 1. The first-order chi connectivity index (χ1) is 20.7. The van der Waals surface area contributed by atoms with Gasteiger partial charge in [-0.1, -0.05) is 43.3 Å². The largest absolute Gasteiger partial charge is 0.507 e. The molecule has 0 fully saturated rings. The Morgan fingerprint density at radius 2 is 1.60 bits per heavy atom. The van der Waals surface area contributed by atoms with E-state index >= 15 is 0 Å². The van der Waals surface area contributed by atoms with Crippen molar-refractivity contribution in [2.45, 2.75) is 11.8 Å². The van der Waals surface area contributed by atoms with Gasteiger partial charge in [0.05, 0.1) is 18.1 Å². The van der Waals surface area contributed by atoms with Crippen LogP contribution < -0.4 is 14.8 Å². The number of phenols is 1. The first kappa shape index (κ1) is 31.6. The van der Waals surface area contributed by atoms with Crippen LogP contribution >= 0.6 is 0 Å². The highest BCUT2D eigenvalue weighted by Gasteiger charge is 2.22. The lowest BCUT2D eigenvalue weighted by atomic mass is 9.98. The molecular formula is C32H36N2O8S. The summed E-state index contributed by atoms with van der Waals surface area (Å²) in [6.07, 6.45) is 0.0478. The van der Waals surface area contributed by atoms with Crippen molar-refractivity contribution < 1.29 is 37.6 Å². The number of sulfone groups is 1. The molecule has 4 rings (SSSR count). The van der Waals surface area contributed by atoms with Gasteiger partial charge in [0.2, 0.25) is 0 Å². The molecule has 0 spiro atoms. The van der Waals surface area contributed by atoms with Gasteiger partial charge in [-0.2, -0.15) is 0 Å². The molecule has 0 radical (unpaired) electrons. The van der Waals surface area contributed by atoms with Crippen molar-refractivity contribution in [3.05, 3.63) is 78.9 Å². The van der Waals surface area contributed by atoms with Gasteiger partial charge in [-0.15, -0.1) is 0 Å². The van der Waals surface area contributed by atoms with Crippen LogP contribution in [0.3, 0.4) is 0 Å². The van der Waals surface area contributed by atoms with Crippen LogP contribution in [-0.4, -0.2) is 81.9 Å². The second kappa shape index (κ2) is 14.7. The van der Waals surface area contributed by atoms with Crippen LogP contribution in [0.5, 0.6) is 23.0 Å². The fourth-order valence-electron chi connectivity index (χ4n) is 4.62. The molecule has 0 saturated heterocycles. The van der Waals surface area contributed by atoms with Crippen LogP contribution in [0.15, 0.2) is 83.8 Å². The summed E-state index contributed by atoms with van der Waals surface area (Å²) in [5, 5.41) is 23.3. The Bertz CT molecular complexity index is 1640. The van der Waals surface area contributed by atoms with Crippen molar-refractivity contribution >= 4 is 26.7 Å².